The van der Waals surface area contributed by atoms with Gasteiger partial charge < -0.3 is 10.3 Å². The van der Waals surface area contributed by atoms with Gasteiger partial charge in [-0.1, -0.05) is 23.2 Å². The molecule has 0 spiro atoms. The Morgan fingerprint density at radius 1 is 1.13 bits per heavy atom. The molecule has 1 aliphatic rings. The molecule has 2 N–H and O–H groups in total. The van der Waals surface area contributed by atoms with Crippen LogP contribution >= 0.6 is 23.2 Å². The maximum atomic E-state index is 12.3. The number of Topliss-reactive ketones (excluding diaryl/α,β-unsaturated/α-hetero) is 1. The van der Waals surface area contributed by atoms with Crippen LogP contribution in [0.4, 0.5) is 5.69 Å². The number of ketones is 1. The quantitative estimate of drug-likeness (QED) is 0.870. The zero-order valence-electron chi connectivity index (χ0n) is 11.9. The van der Waals surface area contributed by atoms with Gasteiger partial charge in [-0.3, -0.25) is 14.4 Å². The third kappa shape index (κ3) is 3.16. The second-order valence-electron chi connectivity index (χ2n) is 5.26. The number of benzene rings is 1. The number of carbonyl (C=O) groups excluding carboxylic acids is 2. The van der Waals surface area contributed by atoms with E-state index in [1.165, 1.54) is 12.1 Å². The first-order chi connectivity index (χ1) is 11.0. The number of halogens is 2. The SMILES string of the molecule is O=C1CCCc2[nH]c(=O)c(C(=O)Nc3cc(Cl)ccc3Cl)cc21. The van der Waals surface area contributed by atoms with Crippen LogP contribution in [0.2, 0.25) is 10.0 Å². The molecule has 1 heterocycles. The maximum absolute atomic E-state index is 12.3. The Kier molecular flexibility index (Phi) is 4.24. The van der Waals surface area contributed by atoms with Gasteiger partial charge in [0, 0.05) is 22.7 Å². The Labute approximate surface area is 141 Å². The number of rotatable bonds is 2. The molecule has 2 aromatic rings. The summed E-state index contributed by atoms with van der Waals surface area (Å²) < 4.78 is 0. The Balaban J connectivity index is 1.97. The highest BCUT2D eigenvalue weighted by Crippen LogP contribution is 2.26. The molecule has 5 nitrogen and oxygen atoms in total. The Morgan fingerprint density at radius 2 is 1.91 bits per heavy atom. The van der Waals surface area contributed by atoms with E-state index in [0.717, 1.165) is 0 Å². The first-order valence-electron chi connectivity index (χ1n) is 7.01. The van der Waals surface area contributed by atoms with Crippen molar-refractivity contribution in [3.05, 3.63) is 61.5 Å². The van der Waals surface area contributed by atoms with Gasteiger partial charge in [0.1, 0.15) is 5.56 Å². The summed E-state index contributed by atoms with van der Waals surface area (Å²) in [5, 5.41) is 3.24. The number of anilines is 1. The van der Waals surface area contributed by atoms with E-state index in [2.05, 4.69) is 10.3 Å². The molecular formula is C16H12Cl2N2O3. The Morgan fingerprint density at radius 3 is 2.70 bits per heavy atom. The van der Waals surface area contributed by atoms with Crippen LogP contribution in [0.25, 0.3) is 0 Å². The summed E-state index contributed by atoms with van der Waals surface area (Å²) in [6.45, 7) is 0. The molecule has 23 heavy (non-hydrogen) atoms. The van der Waals surface area contributed by atoms with Crippen LogP contribution in [0.3, 0.4) is 0 Å². The largest absolute Gasteiger partial charge is 0.325 e. The average Bonchev–Trinajstić information content (AvgIpc) is 2.50. The third-order valence-electron chi connectivity index (χ3n) is 3.68. The molecular weight excluding hydrogens is 339 g/mol. The predicted octanol–water partition coefficient (Wildman–Crippen LogP) is 3.45. The van der Waals surface area contributed by atoms with Crippen LogP contribution in [0.1, 0.15) is 39.3 Å². The number of aryl methyl sites for hydroxylation is 1. The van der Waals surface area contributed by atoms with Crippen LogP contribution < -0.4 is 10.9 Å². The van der Waals surface area contributed by atoms with Crippen molar-refractivity contribution in [3.8, 4) is 0 Å². The number of hydrogen-bond acceptors (Lipinski definition) is 3. The van der Waals surface area contributed by atoms with Crippen LogP contribution in [-0.2, 0) is 6.42 Å². The lowest BCUT2D eigenvalue weighted by Gasteiger charge is -2.15. The van der Waals surface area contributed by atoms with Gasteiger partial charge in [0.2, 0.25) is 0 Å². The molecule has 0 fully saturated rings. The van der Waals surface area contributed by atoms with E-state index in [4.69, 9.17) is 23.2 Å². The van der Waals surface area contributed by atoms with Gasteiger partial charge in [-0.05, 0) is 37.1 Å². The monoisotopic (exact) mass is 350 g/mol. The van der Waals surface area contributed by atoms with Crippen LogP contribution in [0.5, 0.6) is 0 Å². The Hall–Kier alpha value is -2.11. The van der Waals surface area contributed by atoms with Gasteiger partial charge in [0.15, 0.2) is 5.78 Å². The number of H-pyrrole nitrogens is 1. The molecule has 118 valence electrons. The zero-order chi connectivity index (χ0) is 16.6. The van der Waals surface area contributed by atoms with Crippen molar-refractivity contribution in [2.45, 2.75) is 19.3 Å². The van der Waals surface area contributed by atoms with Gasteiger partial charge in [-0.25, -0.2) is 0 Å². The van der Waals surface area contributed by atoms with Crippen molar-refractivity contribution in [1.82, 2.24) is 4.98 Å². The fourth-order valence-corrected chi connectivity index (χ4v) is 2.86. The molecule has 0 radical (unpaired) electrons. The zero-order valence-corrected chi connectivity index (χ0v) is 13.4. The van der Waals surface area contributed by atoms with E-state index < -0.39 is 11.5 Å². The number of amides is 1. The summed E-state index contributed by atoms with van der Waals surface area (Å²) in [7, 11) is 0. The fourth-order valence-electron chi connectivity index (χ4n) is 2.53. The number of aromatic nitrogens is 1. The summed E-state index contributed by atoms with van der Waals surface area (Å²) in [5.41, 5.74) is 0.624. The van der Waals surface area contributed by atoms with Crippen LogP contribution in [0, 0.1) is 0 Å². The molecule has 1 aromatic carbocycles. The Bertz CT molecular complexity index is 874. The third-order valence-corrected chi connectivity index (χ3v) is 4.24. The average molecular weight is 351 g/mol. The van der Waals surface area contributed by atoms with Crippen LogP contribution in [0.15, 0.2) is 29.1 Å². The summed E-state index contributed by atoms with van der Waals surface area (Å²) in [5.74, 6) is -0.714. The normalized spacial score (nSPS) is 13.6. The topological polar surface area (TPSA) is 79.0 Å². The molecule has 0 saturated carbocycles. The van der Waals surface area contributed by atoms with Crippen molar-refractivity contribution >= 4 is 40.6 Å². The van der Waals surface area contributed by atoms with E-state index in [-0.39, 0.29) is 11.3 Å². The molecule has 1 aliphatic carbocycles. The van der Waals surface area contributed by atoms with Crippen molar-refractivity contribution in [2.75, 3.05) is 5.32 Å². The van der Waals surface area contributed by atoms with Gasteiger partial charge >= 0.3 is 0 Å². The van der Waals surface area contributed by atoms with Crippen molar-refractivity contribution in [3.63, 3.8) is 0 Å². The van der Waals surface area contributed by atoms with Crippen LogP contribution in [-0.4, -0.2) is 16.7 Å². The molecule has 3 rings (SSSR count). The minimum absolute atomic E-state index is 0.0719. The molecule has 0 bridgehead atoms. The fraction of sp³-hybridized carbons (Fsp3) is 0.188. The first-order valence-corrected chi connectivity index (χ1v) is 7.77. The molecule has 0 atom stereocenters. The van der Waals surface area contributed by atoms with Gasteiger partial charge in [-0.2, -0.15) is 0 Å². The molecule has 1 aromatic heterocycles. The number of carbonyl (C=O) groups is 2. The van der Waals surface area contributed by atoms with Gasteiger partial charge in [0.25, 0.3) is 11.5 Å². The smallest absolute Gasteiger partial charge is 0.261 e. The molecule has 0 saturated heterocycles. The number of aromatic amines is 1. The molecule has 0 aliphatic heterocycles. The second-order valence-corrected chi connectivity index (χ2v) is 6.10. The highest BCUT2D eigenvalue weighted by Gasteiger charge is 2.22. The van der Waals surface area contributed by atoms with E-state index in [1.807, 2.05) is 0 Å². The number of fused-ring (bicyclic) bond motifs is 1. The summed E-state index contributed by atoms with van der Waals surface area (Å²) in [4.78, 5) is 39.0. The number of nitrogens with one attached hydrogen (secondary N) is 2. The van der Waals surface area contributed by atoms with E-state index in [1.54, 1.807) is 12.1 Å². The minimum Gasteiger partial charge on any atom is -0.325 e. The highest BCUT2D eigenvalue weighted by atomic mass is 35.5. The van der Waals surface area contributed by atoms with E-state index in [0.29, 0.717) is 46.3 Å². The molecule has 7 heteroatoms. The van der Waals surface area contributed by atoms with E-state index >= 15 is 0 Å². The van der Waals surface area contributed by atoms with Gasteiger partial charge in [-0.15, -0.1) is 0 Å². The predicted molar refractivity (Wildman–Crippen MR) is 88.7 cm³/mol. The summed E-state index contributed by atoms with van der Waals surface area (Å²) in [6.07, 6.45) is 1.74. The highest BCUT2D eigenvalue weighted by molar-refractivity contribution is 6.35. The van der Waals surface area contributed by atoms with Crippen molar-refractivity contribution < 1.29 is 9.59 Å². The van der Waals surface area contributed by atoms with Crippen molar-refractivity contribution in [1.29, 1.82) is 0 Å². The lowest BCUT2D eigenvalue weighted by molar-refractivity contribution is 0.0971. The lowest BCUT2D eigenvalue weighted by atomic mass is 9.93. The number of pyridine rings is 1. The molecule has 1 amide bonds. The number of hydrogen-bond donors (Lipinski definition) is 2. The van der Waals surface area contributed by atoms with E-state index in [9.17, 15) is 14.4 Å². The maximum Gasteiger partial charge on any atom is 0.261 e. The summed E-state index contributed by atoms with van der Waals surface area (Å²) in [6, 6.07) is 5.97. The van der Waals surface area contributed by atoms with Crippen molar-refractivity contribution in [2.24, 2.45) is 0 Å². The first kappa shape index (κ1) is 15.8. The second kappa shape index (κ2) is 6.18. The summed E-state index contributed by atoms with van der Waals surface area (Å²) >= 11 is 11.9. The minimum atomic E-state index is -0.642. The van der Waals surface area contributed by atoms with Gasteiger partial charge in [0.05, 0.1) is 10.7 Å². The standard InChI is InChI=1S/C16H12Cl2N2O3/c17-8-4-5-11(18)13(6-8)20-16(23)10-7-9-12(19-15(10)22)2-1-3-14(9)21/h4-7H,1-3H2,(H,19,22)(H,20,23). The molecule has 0 unspecified atom stereocenters. The lowest BCUT2D eigenvalue weighted by Crippen LogP contribution is -2.27.